The lowest BCUT2D eigenvalue weighted by Gasteiger charge is -2.11. The molecule has 88 valence electrons. The molecule has 17 heavy (non-hydrogen) atoms. The maximum atomic E-state index is 12.9. The molecule has 1 aromatic carbocycles. The van der Waals surface area contributed by atoms with Gasteiger partial charge in [-0.15, -0.1) is 0 Å². The predicted octanol–water partition coefficient (Wildman–Crippen LogP) is 0.582. The van der Waals surface area contributed by atoms with Gasteiger partial charge < -0.3 is 5.73 Å². The molecule has 0 bridgehead atoms. The van der Waals surface area contributed by atoms with Crippen molar-refractivity contribution in [2.24, 2.45) is 5.73 Å². The molecule has 2 rings (SSSR count). The molecule has 1 aromatic heterocycles. The summed E-state index contributed by atoms with van der Waals surface area (Å²) in [5.74, 6) is -1.10. The van der Waals surface area contributed by atoms with Crippen molar-refractivity contribution in [3.8, 4) is 0 Å². The van der Waals surface area contributed by atoms with Crippen LogP contribution in [0.5, 0.6) is 0 Å². The van der Waals surface area contributed by atoms with Crippen LogP contribution in [-0.2, 0) is 4.79 Å². The molecule has 2 N–H and O–H groups in total. The summed E-state index contributed by atoms with van der Waals surface area (Å²) in [5.41, 5.74) is 4.96. The molecule has 0 aliphatic carbocycles. The molecule has 1 heterocycles. The second kappa shape index (κ2) is 3.97. The summed E-state index contributed by atoms with van der Waals surface area (Å²) in [5, 5.41) is 0.252. The number of amides is 1. The Bertz CT molecular complexity index is 651. The summed E-state index contributed by atoms with van der Waals surface area (Å²) in [4.78, 5) is 26.9. The summed E-state index contributed by atoms with van der Waals surface area (Å²) in [7, 11) is 0. The van der Waals surface area contributed by atoms with E-state index in [4.69, 9.17) is 5.73 Å². The number of benzene rings is 1. The molecular weight excluding hydrogens is 225 g/mol. The van der Waals surface area contributed by atoms with Gasteiger partial charge in [-0.3, -0.25) is 14.2 Å². The molecule has 0 saturated carbocycles. The molecule has 0 radical (unpaired) electrons. The monoisotopic (exact) mass is 235 g/mol. The Kier molecular flexibility index (Phi) is 2.63. The predicted molar refractivity (Wildman–Crippen MR) is 59.9 cm³/mol. The molecule has 0 aliphatic heterocycles. The van der Waals surface area contributed by atoms with E-state index in [-0.39, 0.29) is 10.9 Å². The van der Waals surface area contributed by atoms with Crippen LogP contribution < -0.4 is 11.3 Å². The fraction of sp³-hybridized carbons (Fsp3) is 0.182. The molecule has 0 saturated heterocycles. The number of hydrogen-bond acceptors (Lipinski definition) is 3. The summed E-state index contributed by atoms with van der Waals surface area (Å²) in [6.07, 6.45) is 1.19. The number of fused-ring (bicyclic) bond motifs is 1. The maximum Gasteiger partial charge on any atom is 0.261 e. The minimum absolute atomic E-state index is 0.252. The highest BCUT2D eigenvalue weighted by molar-refractivity contribution is 5.80. The topological polar surface area (TPSA) is 78.0 Å². The van der Waals surface area contributed by atoms with Gasteiger partial charge in [0, 0.05) is 6.07 Å². The lowest BCUT2D eigenvalue weighted by Crippen LogP contribution is -2.32. The number of nitrogens with zero attached hydrogens (tertiary/aromatic N) is 2. The van der Waals surface area contributed by atoms with Crippen molar-refractivity contribution in [1.29, 1.82) is 0 Å². The van der Waals surface area contributed by atoms with Crippen molar-refractivity contribution < 1.29 is 9.18 Å². The van der Waals surface area contributed by atoms with Gasteiger partial charge in [-0.2, -0.15) is 0 Å². The fourth-order valence-electron chi connectivity index (χ4n) is 1.52. The Morgan fingerprint density at radius 1 is 1.53 bits per heavy atom. The molecule has 0 spiro atoms. The zero-order valence-electron chi connectivity index (χ0n) is 9.05. The Labute approximate surface area is 95.7 Å². The van der Waals surface area contributed by atoms with Gasteiger partial charge in [0.15, 0.2) is 0 Å². The van der Waals surface area contributed by atoms with E-state index in [1.165, 1.54) is 25.4 Å². The molecule has 0 aliphatic rings. The molecule has 0 fully saturated rings. The third kappa shape index (κ3) is 1.89. The summed E-state index contributed by atoms with van der Waals surface area (Å²) >= 11 is 0. The zero-order valence-corrected chi connectivity index (χ0v) is 9.05. The van der Waals surface area contributed by atoms with Gasteiger partial charge in [0.1, 0.15) is 11.9 Å². The molecule has 1 unspecified atom stereocenters. The average Bonchev–Trinajstić information content (AvgIpc) is 2.28. The molecule has 2 aromatic rings. The van der Waals surface area contributed by atoms with Crippen LogP contribution in [0.3, 0.4) is 0 Å². The zero-order chi connectivity index (χ0) is 12.6. The Morgan fingerprint density at radius 2 is 2.24 bits per heavy atom. The van der Waals surface area contributed by atoms with Crippen LogP contribution in [0.15, 0.2) is 29.3 Å². The van der Waals surface area contributed by atoms with Crippen LogP contribution in [0.1, 0.15) is 13.0 Å². The normalized spacial score (nSPS) is 12.6. The van der Waals surface area contributed by atoms with Crippen molar-refractivity contribution in [2.75, 3.05) is 0 Å². The first-order chi connectivity index (χ1) is 8.00. The third-order valence-corrected chi connectivity index (χ3v) is 2.57. The SMILES string of the molecule is CC(C(N)=O)n1cnc2cc(F)ccc2c1=O. The maximum absolute atomic E-state index is 12.9. The van der Waals surface area contributed by atoms with Crippen molar-refractivity contribution in [1.82, 2.24) is 9.55 Å². The summed E-state index contributed by atoms with van der Waals surface area (Å²) in [6.45, 7) is 1.50. The lowest BCUT2D eigenvalue weighted by atomic mass is 10.2. The van der Waals surface area contributed by atoms with Crippen LogP contribution in [0.25, 0.3) is 10.9 Å². The average molecular weight is 235 g/mol. The van der Waals surface area contributed by atoms with E-state index < -0.39 is 23.3 Å². The van der Waals surface area contributed by atoms with Crippen LogP contribution in [0.2, 0.25) is 0 Å². The first kappa shape index (κ1) is 11.3. The Balaban J connectivity index is 2.70. The molecular formula is C11H10FN3O2. The number of primary amides is 1. The van der Waals surface area contributed by atoms with Gasteiger partial charge in [0.25, 0.3) is 5.56 Å². The molecule has 1 atom stereocenters. The smallest absolute Gasteiger partial charge is 0.261 e. The van der Waals surface area contributed by atoms with Crippen LogP contribution in [0, 0.1) is 5.82 Å². The number of carbonyl (C=O) groups is 1. The van der Waals surface area contributed by atoms with Crippen LogP contribution >= 0.6 is 0 Å². The molecule has 5 nitrogen and oxygen atoms in total. The van der Waals surface area contributed by atoms with E-state index in [1.54, 1.807) is 0 Å². The van der Waals surface area contributed by atoms with Crippen molar-refractivity contribution in [3.63, 3.8) is 0 Å². The van der Waals surface area contributed by atoms with Gasteiger partial charge in [-0.25, -0.2) is 9.37 Å². The number of nitrogens with two attached hydrogens (primary N) is 1. The number of rotatable bonds is 2. The number of hydrogen-bond donors (Lipinski definition) is 1. The number of carbonyl (C=O) groups excluding carboxylic acids is 1. The van der Waals surface area contributed by atoms with Crippen molar-refractivity contribution in [2.45, 2.75) is 13.0 Å². The summed E-state index contributed by atoms with van der Waals surface area (Å²) in [6, 6.07) is 2.88. The van der Waals surface area contributed by atoms with E-state index >= 15 is 0 Å². The van der Waals surface area contributed by atoms with Crippen molar-refractivity contribution in [3.05, 3.63) is 40.7 Å². The van der Waals surface area contributed by atoms with E-state index in [9.17, 15) is 14.0 Å². The first-order valence-corrected chi connectivity index (χ1v) is 4.96. The van der Waals surface area contributed by atoms with Gasteiger partial charge in [-0.1, -0.05) is 0 Å². The Hall–Kier alpha value is -2.24. The first-order valence-electron chi connectivity index (χ1n) is 4.96. The highest BCUT2D eigenvalue weighted by atomic mass is 19.1. The van der Waals surface area contributed by atoms with Gasteiger partial charge in [0.05, 0.1) is 17.2 Å². The van der Waals surface area contributed by atoms with Crippen molar-refractivity contribution >= 4 is 16.8 Å². The number of aromatic nitrogens is 2. The van der Waals surface area contributed by atoms with E-state index in [2.05, 4.69) is 4.98 Å². The Morgan fingerprint density at radius 3 is 2.88 bits per heavy atom. The minimum Gasteiger partial charge on any atom is -0.368 e. The highest BCUT2D eigenvalue weighted by Crippen LogP contribution is 2.10. The van der Waals surface area contributed by atoms with E-state index in [0.717, 1.165) is 10.6 Å². The number of halogens is 1. The highest BCUT2D eigenvalue weighted by Gasteiger charge is 2.14. The molecule has 1 amide bonds. The van der Waals surface area contributed by atoms with Gasteiger partial charge in [-0.05, 0) is 19.1 Å². The quantitative estimate of drug-likeness (QED) is 0.827. The largest absolute Gasteiger partial charge is 0.368 e. The van der Waals surface area contributed by atoms with Gasteiger partial charge >= 0.3 is 0 Å². The van der Waals surface area contributed by atoms with E-state index in [0.29, 0.717) is 0 Å². The lowest BCUT2D eigenvalue weighted by molar-refractivity contribution is -0.120. The molecule has 6 heteroatoms. The third-order valence-electron chi connectivity index (χ3n) is 2.57. The van der Waals surface area contributed by atoms with Crippen LogP contribution in [-0.4, -0.2) is 15.5 Å². The standard InChI is InChI=1S/C11H10FN3O2/c1-6(10(13)16)15-5-14-9-4-7(12)2-3-8(9)11(15)17/h2-6H,1H3,(H2,13,16). The van der Waals surface area contributed by atoms with Crippen LogP contribution in [0.4, 0.5) is 4.39 Å². The second-order valence-electron chi connectivity index (χ2n) is 3.70. The minimum atomic E-state index is -0.788. The van der Waals surface area contributed by atoms with E-state index in [1.807, 2.05) is 0 Å². The summed E-state index contributed by atoms with van der Waals surface area (Å²) < 4.78 is 14.1. The second-order valence-corrected chi connectivity index (χ2v) is 3.70. The fourth-order valence-corrected chi connectivity index (χ4v) is 1.52. The van der Waals surface area contributed by atoms with Gasteiger partial charge in [0.2, 0.25) is 5.91 Å².